The van der Waals surface area contributed by atoms with Crippen molar-refractivity contribution < 1.29 is 9.59 Å². The van der Waals surface area contributed by atoms with Gasteiger partial charge < -0.3 is 11.1 Å². The van der Waals surface area contributed by atoms with Crippen molar-refractivity contribution in [2.45, 2.75) is 44.7 Å². The van der Waals surface area contributed by atoms with Crippen LogP contribution in [-0.2, 0) is 24.1 Å². The highest BCUT2D eigenvalue weighted by Gasteiger charge is 2.27. The molecule has 0 saturated heterocycles. The molecule has 0 saturated carbocycles. The lowest BCUT2D eigenvalue weighted by molar-refractivity contribution is -0.113. The van der Waals surface area contributed by atoms with Crippen molar-refractivity contribution in [3.8, 4) is 11.4 Å². The van der Waals surface area contributed by atoms with Crippen LogP contribution < -0.4 is 11.1 Å². The molecule has 0 spiro atoms. The first-order chi connectivity index (χ1) is 14.9. The number of benzene rings is 1. The van der Waals surface area contributed by atoms with Crippen LogP contribution in [0.5, 0.6) is 0 Å². The van der Waals surface area contributed by atoms with Gasteiger partial charge >= 0.3 is 0 Å². The number of rotatable bonds is 7. The van der Waals surface area contributed by atoms with Crippen LogP contribution in [0.1, 0.15) is 46.6 Å². The zero-order valence-corrected chi connectivity index (χ0v) is 19.2. The van der Waals surface area contributed by atoms with Gasteiger partial charge in [0.25, 0.3) is 5.91 Å². The van der Waals surface area contributed by atoms with Crippen molar-refractivity contribution in [1.82, 2.24) is 15.2 Å². The number of hydrogen-bond acceptors (Lipinski definition) is 6. The molecule has 2 amide bonds. The summed E-state index contributed by atoms with van der Waals surface area (Å²) < 4.78 is 0. The van der Waals surface area contributed by atoms with E-state index in [0.29, 0.717) is 27.5 Å². The second-order valence-electron chi connectivity index (χ2n) is 7.77. The van der Waals surface area contributed by atoms with Gasteiger partial charge in [-0.05, 0) is 42.7 Å². The number of anilines is 1. The molecule has 4 N–H and O–H groups in total. The normalized spacial score (nSPS) is 15.5. The number of hydrogen-bond donors (Lipinski definition) is 3. The summed E-state index contributed by atoms with van der Waals surface area (Å²) in [7, 11) is 0. The Kier molecular flexibility index (Phi) is 6.43. The van der Waals surface area contributed by atoms with Gasteiger partial charge in [0.15, 0.2) is 5.82 Å². The van der Waals surface area contributed by atoms with E-state index < -0.39 is 5.91 Å². The van der Waals surface area contributed by atoms with Crippen LogP contribution in [0.3, 0.4) is 0 Å². The average molecular weight is 456 g/mol. The molecule has 1 atom stereocenters. The summed E-state index contributed by atoms with van der Waals surface area (Å²) in [4.78, 5) is 30.2. The fourth-order valence-corrected chi connectivity index (χ4v) is 5.76. The van der Waals surface area contributed by atoms with Gasteiger partial charge in [-0.1, -0.05) is 49.9 Å². The molecular weight excluding hydrogens is 430 g/mol. The van der Waals surface area contributed by atoms with Crippen molar-refractivity contribution in [2.24, 2.45) is 11.7 Å². The predicted molar refractivity (Wildman–Crippen MR) is 125 cm³/mol. The highest BCUT2D eigenvalue weighted by molar-refractivity contribution is 7.99. The molecule has 2 aromatic heterocycles. The Hall–Kier alpha value is -2.65. The highest BCUT2D eigenvalue weighted by atomic mass is 32.2. The standard InChI is InChI=1S/C22H25N5O2S2/c1-3-13-5-7-14(8-6-13)20-25-22(27-26-20)30-11-17(28)24-21-18(19(23)29)15-9-4-12(2)10-16(15)31-21/h5-8,12H,3-4,9-11H2,1-2H3,(H2,23,29)(H,24,28)(H,25,26,27)/t12-/m1/s1. The van der Waals surface area contributed by atoms with Crippen molar-refractivity contribution in [1.29, 1.82) is 0 Å². The van der Waals surface area contributed by atoms with E-state index in [2.05, 4.69) is 46.5 Å². The van der Waals surface area contributed by atoms with Gasteiger partial charge in [-0.3, -0.25) is 14.7 Å². The van der Waals surface area contributed by atoms with Crippen LogP contribution in [0.4, 0.5) is 5.00 Å². The number of carbonyl (C=O) groups excluding carboxylic acids is 2. The van der Waals surface area contributed by atoms with Crippen molar-refractivity contribution in [2.75, 3.05) is 11.1 Å². The van der Waals surface area contributed by atoms with E-state index in [1.807, 2.05) is 12.1 Å². The number of nitrogens with zero attached hydrogens (tertiary/aromatic N) is 2. The third kappa shape index (κ3) is 4.83. The molecule has 0 aliphatic heterocycles. The number of nitrogens with two attached hydrogens (primary N) is 1. The minimum atomic E-state index is -0.484. The maximum Gasteiger partial charge on any atom is 0.251 e. The summed E-state index contributed by atoms with van der Waals surface area (Å²) in [6.07, 6.45) is 3.76. The number of aromatic nitrogens is 3. The SMILES string of the molecule is CCc1ccc(-c2nc(SCC(=O)Nc3sc4c(c3C(N)=O)CC[C@@H](C)C4)n[nH]2)cc1. The van der Waals surface area contributed by atoms with Gasteiger partial charge in [0.1, 0.15) is 5.00 Å². The molecule has 0 radical (unpaired) electrons. The minimum Gasteiger partial charge on any atom is -0.365 e. The van der Waals surface area contributed by atoms with Crippen LogP contribution in [-0.4, -0.2) is 32.7 Å². The first-order valence-electron chi connectivity index (χ1n) is 10.3. The van der Waals surface area contributed by atoms with Crippen molar-refractivity contribution in [3.63, 3.8) is 0 Å². The number of aryl methyl sites for hydroxylation is 1. The number of amides is 2. The monoisotopic (exact) mass is 455 g/mol. The van der Waals surface area contributed by atoms with Crippen LogP contribution in [0.25, 0.3) is 11.4 Å². The number of H-pyrrole nitrogens is 1. The molecule has 9 heteroatoms. The second-order valence-corrected chi connectivity index (χ2v) is 9.82. The van der Waals surface area contributed by atoms with Crippen molar-refractivity contribution in [3.05, 3.63) is 45.8 Å². The zero-order valence-electron chi connectivity index (χ0n) is 17.5. The number of primary amides is 1. The van der Waals surface area contributed by atoms with Crippen LogP contribution in [0.15, 0.2) is 29.4 Å². The lowest BCUT2D eigenvalue weighted by Crippen LogP contribution is -2.20. The Balaban J connectivity index is 1.40. The Morgan fingerprint density at radius 3 is 2.81 bits per heavy atom. The molecule has 162 valence electrons. The Morgan fingerprint density at radius 1 is 1.32 bits per heavy atom. The van der Waals surface area contributed by atoms with E-state index in [1.165, 1.54) is 28.7 Å². The molecule has 1 aromatic carbocycles. The number of thioether (sulfide) groups is 1. The molecule has 0 unspecified atom stereocenters. The van der Waals surface area contributed by atoms with Crippen LogP contribution in [0.2, 0.25) is 0 Å². The Labute approximate surface area is 189 Å². The number of carbonyl (C=O) groups is 2. The van der Waals surface area contributed by atoms with E-state index in [9.17, 15) is 9.59 Å². The maximum absolute atomic E-state index is 12.5. The first kappa shape index (κ1) is 21.6. The molecule has 4 rings (SSSR count). The molecule has 0 bridgehead atoms. The smallest absolute Gasteiger partial charge is 0.251 e. The first-order valence-corrected chi connectivity index (χ1v) is 12.1. The number of nitrogens with one attached hydrogen (secondary N) is 2. The fourth-order valence-electron chi connectivity index (χ4n) is 3.73. The van der Waals surface area contributed by atoms with E-state index in [-0.39, 0.29) is 11.7 Å². The molecule has 7 nitrogen and oxygen atoms in total. The van der Waals surface area contributed by atoms with E-state index >= 15 is 0 Å². The van der Waals surface area contributed by atoms with Gasteiger partial charge in [0.2, 0.25) is 11.1 Å². The number of thiophene rings is 1. The maximum atomic E-state index is 12.5. The van der Waals surface area contributed by atoms with E-state index in [4.69, 9.17) is 5.73 Å². The van der Waals surface area contributed by atoms with E-state index in [0.717, 1.165) is 41.7 Å². The van der Waals surface area contributed by atoms with Gasteiger partial charge in [0, 0.05) is 10.4 Å². The second kappa shape index (κ2) is 9.23. The highest BCUT2D eigenvalue weighted by Crippen LogP contribution is 2.39. The molecule has 2 heterocycles. The summed E-state index contributed by atoms with van der Waals surface area (Å²) in [5.41, 5.74) is 9.31. The molecule has 31 heavy (non-hydrogen) atoms. The number of aromatic amines is 1. The minimum absolute atomic E-state index is 0.142. The van der Waals surface area contributed by atoms with Gasteiger partial charge in [-0.25, -0.2) is 4.98 Å². The summed E-state index contributed by atoms with van der Waals surface area (Å²) >= 11 is 2.71. The summed E-state index contributed by atoms with van der Waals surface area (Å²) in [6, 6.07) is 8.14. The Morgan fingerprint density at radius 2 is 2.10 bits per heavy atom. The Bertz CT molecular complexity index is 1100. The molecule has 1 aliphatic carbocycles. The fraction of sp³-hybridized carbons (Fsp3) is 0.364. The summed E-state index contributed by atoms with van der Waals surface area (Å²) in [5.74, 6) is 0.690. The van der Waals surface area contributed by atoms with Crippen LogP contribution >= 0.6 is 23.1 Å². The lowest BCUT2D eigenvalue weighted by Gasteiger charge is -2.18. The summed E-state index contributed by atoms with van der Waals surface area (Å²) in [6.45, 7) is 4.31. The topological polar surface area (TPSA) is 114 Å². The quantitative estimate of drug-likeness (QED) is 0.465. The molecule has 3 aromatic rings. The largest absolute Gasteiger partial charge is 0.365 e. The number of fused-ring (bicyclic) bond motifs is 1. The van der Waals surface area contributed by atoms with Gasteiger partial charge in [0.05, 0.1) is 11.3 Å². The van der Waals surface area contributed by atoms with Gasteiger partial charge in [-0.2, -0.15) is 0 Å². The van der Waals surface area contributed by atoms with Crippen molar-refractivity contribution >= 4 is 39.9 Å². The lowest BCUT2D eigenvalue weighted by atomic mass is 9.88. The van der Waals surface area contributed by atoms with Gasteiger partial charge in [-0.15, -0.1) is 16.4 Å². The molecule has 0 fully saturated rings. The molecule has 1 aliphatic rings. The zero-order chi connectivity index (χ0) is 22.0. The third-order valence-electron chi connectivity index (χ3n) is 5.44. The predicted octanol–water partition coefficient (Wildman–Crippen LogP) is 4.05. The average Bonchev–Trinajstić information content (AvgIpc) is 3.36. The van der Waals surface area contributed by atoms with E-state index in [1.54, 1.807) is 0 Å². The van der Waals surface area contributed by atoms with Crippen LogP contribution in [0, 0.1) is 5.92 Å². The third-order valence-corrected chi connectivity index (χ3v) is 7.46. The summed E-state index contributed by atoms with van der Waals surface area (Å²) in [5, 5.41) is 11.1. The molecular formula is C22H25N5O2S2.